The lowest BCUT2D eigenvalue weighted by atomic mass is 9.76. The average molecular weight is 1080 g/mol. The molecule has 0 bridgehead atoms. The van der Waals surface area contributed by atoms with Crippen LogP contribution in [0.4, 0.5) is 0 Å². The van der Waals surface area contributed by atoms with Crippen molar-refractivity contribution in [3.8, 4) is 45.3 Å². The number of fused-ring (bicyclic) bond motifs is 12. The lowest BCUT2D eigenvalue weighted by Crippen LogP contribution is -2.29. The summed E-state index contributed by atoms with van der Waals surface area (Å²) in [7, 11) is 0. The van der Waals surface area contributed by atoms with Crippen LogP contribution in [0, 0.1) is 0 Å². The number of allylic oxidation sites excluding steroid dienone is 2. The Labute approximate surface area is 486 Å². The van der Waals surface area contributed by atoms with Gasteiger partial charge < -0.3 is 14.5 Å². The van der Waals surface area contributed by atoms with Gasteiger partial charge in [0.1, 0.15) is 0 Å². The molecule has 2 unspecified atom stereocenters. The quantitative estimate of drug-likeness (QED) is 0.165. The number of rotatable bonds is 8. The zero-order valence-electron chi connectivity index (χ0n) is 46.4. The van der Waals surface area contributed by atoms with Crippen LogP contribution in [0.3, 0.4) is 0 Å². The van der Waals surface area contributed by atoms with Gasteiger partial charge in [-0.05, 0) is 112 Å². The van der Waals surface area contributed by atoms with Crippen LogP contribution < -0.4 is 5.32 Å². The van der Waals surface area contributed by atoms with Crippen LogP contribution in [0.2, 0.25) is 0 Å². The summed E-state index contributed by atoms with van der Waals surface area (Å²) in [5.74, 6) is 0.991. The summed E-state index contributed by atoms with van der Waals surface area (Å²) in [6.45, 7) is 4.77. The molecule has 2 aliphatic carbocycles. The van der Waals surface area contributed by atoms with Crippen LogP contribution >= 0.6 is 0 Å². The van der Waals surface area contributed by atoms with E-state index < -0.39 is 6.29 Å². The first-order chi connectivity index (χ1) is 41.4. The van der Waals surface area contributed by atoms with Gasteiger partial charge in [0, 0.05) is 60.8 Å². The van der Waals surface area contributed by atoms with Crippen molar-refractivity contribution in [2.24, 2.45) is 4.99 Å². The summed E-state index contributed by atoms with van der Waals surface area (Å²) in [4.78, 5) is 16.6. The van der Waals surface area contributed by atoms with Gasteiger partial charge in [0.25, 0.3) is 0 Å². The number of benzene rings is 10. The molecule has 0 radical (unpaired) electrons. The molecular formula is C77H55N7. The smallest absolute Gasteiger partial charge is 0.235 e. The molecule has 10 aromatic carbocycles. The second kappa shape index (κ2) is 18.7. The van der Waals surface area contributed by atoms with Gasteiger partial charge >= 0.3 is 0 Å². The highest BCUT2D eigenvalue weighted by Gasteiger charge is 2.44. The van der Waals surface area contributed by atoms with Crippen molar-refractivity contribution in [1.29, 1.82) is 0 Å². The van der Waals surface area contributed by atoms with Gasteiger partial charge in [0.2, 0.25) is 12.2 Å². The topological polar surface area (TPSA) is 65.0 Å². The van der Waals surface area contributed by atoms with Crippen LogP contribution in [0.15, 0.2) is 271 Å². The molecule has 14 aromatic rings. The zero-order chi connectivity index (χ0) is 55.6. The highest BCUT2D eigenvalue weighted by atomic mass is 15.3. The fourth-order valence-electron chi connectivity index (χ4n) is 14.2. The van der Waals surface area contributed by atoms with E-state index >= 15 is 0 Å². The van der Waals surface area contributed by atoms with E-state index in [2.05, 4.69) is 300 Å². The average Bonchev–Trinajstić information content (AvgIpc) is 1.70. The second-order valence-corrected chi connectivity index (χ2v) is 23.2. The molecule has 17 rings (SSSR count). The Kier molecular flexibility index (Phi) is 10.7. The van der Waals surface area contributed by atoms with Crippen molar-refractivity contribution in [1.82, 2.24) is 29.0 Å². The number of nitrogens with zero attached hydrogens (tertiary/aromatic N) is 6. The van der Waals surface area contributed by atoms with E-state index in [0.29, 0.717) is 11.9 Å². The third-order valence-electron chi connectivity index (χ3n) is 18.1. The summed E-state index contributed by atoms with van der Waals surface area (Å²) in [5, 5.41) is 9.82. The molecule has 1 N–H and O–H groups in total. The number of hydrogen-bond acceptors (Lipinski definition) is 4. The van der Waals surface area contributed by atoms with Gasteiger partial charge in [0.05, 0.1) is 50.4 Å². The molecule has 3 aliphatic rings. The molecule has 7 heteroatoms. The predicted molar refractivity (Wildman–Crippen MR) is 346 cm³/mol. The molecule has 0 saturated heterocycles. The summed E-state index contributed by atoms with van der Waals surface area (Å²) in [6.07, 6.45) is 5.16. The number of nitrogens with one attached hydrogen (secondary N) is 1. The molecular weight excluding hydrogens is 1020 g/mol. The highest BCUT2D eigenvalue weighted by molar-refractivity contribution is 6.19. The Morgan fingerprint density at radius 3 is 1.80 bits per heavy atom. The molecule has 0 saturated carbocycles. The molecule has 1 aliphatic heterocycles. The van der Waals surface area contributed by atoms with Gasteiger partial charge in [-0.25, -0.2) is 15.0 Å². The standard InChI is InChI=1S/C77H55N7/c1-77(2)63-35-18-15-32-55(63)59-42-60-56-33-16-19-36-69(56)84(74(60)45-64(59)77)76-80-67(50-26-11-5-12-27-50)47-68(81-76)53-29-21-28-51(40-53)52-38-39-58-62-44-73-61(43-72(62)82(71(58)41-52)54-30-13-6-14-31-54)57-34-17-20-37-70(57)83(73)75-78-65(48-22-7-3-8-23-48)46-66(79-75)49-24-9-4-10-25-49/h3-41,43-47,59,75,78H,42H2,1-2H3. The van der Waals surface area contributed by atoms with Crippen LogP contribution in [0.25, 0.3) is 112 Å². The molecule has 398 valence electrons. The van der Waals surface area contributed by atoms with Crippen molar-refractivity contribution in [3.05, 3.63) is 300 Å². The van der Waals surface area contributed by atoms with E-state index in [1.165, 1.54) is 54.9 Å². The first-order valence-electron chi connectivity index (χ1n) is 29.1. The maximum atomic E-state index is 5.58. The van der Waals surface area contributed by atoms with Crippen molar-refractivity contribution < 1.29 is 0 Å². The van der Waals surface area contributed by atoms with Gasteiger partial charge in [0.15, 0.2) is 0 Å². The summed E-state index contributed by atoms with van der Waals surface area (Å²) in [6, 6.07) is 91.9. The van der Waals surface area contributed by atoms with E-state index in [0.717, 1.165) is 95.9 Å². The first kappa shape index (κ1) is 48.1. The molecule has 5 heterocycles. The fourth-order valence-corrected chi connectivity index (χ4v) is 14.2. The number of hydrogen-bond donors (Lipinski definition) is 1. The molecule has 4 aromatic heterocycles. The van der Waals surface area contributed by atoms with Gasteiger partial charge in [-0.3, -0.25) is 4.57 Å². The number of aromatic nitrogens is 5. The molecule has 7 nitrogen and oxygen atoms in total. The molecule has 84 heavy (non-hydrogen) atoms. The molecule has 0 spiro atoms. The lowest BCUT2D eigenvalue weighted by Gasteiger charge is -2.28. The third-order valence-corrected chi connectivity index (χ3v) is 18.1. The summed E-state index contributed by atoms with van der Waals surface area (Å²) in [5.41, 5.74) is 23.6. The minimum atomic E-state index is -0.424. The van der Waals surface area contributed by atoms with Crippen molar-refractivity contribution in [3.63, 3.8) is 0 Å². The number of para-hydroxylation sites is 3. The first-order valence-corrected chi connectivity index (χ1v) is 29.1. The minimum Gasteiger partial charge on any atom is -0.346 e. The predicted octanol–water partition coefficient (Wildman–Crippen LogP) is 18.2. The summed E-state index contributed by atoms with van der Waals surface area (Å²) >= 11 is 0. The Morgan fingerprint density at radius 1 is 0.429 bits per heavy atom. The second-order valence-electron chi connectivity index (χ2n) is 23.2. The minimum absolute atomic E-state index is 0.105. The lowest BCUT2D eigenvalue weighted by molar-refractivity contribution is 0.508. The third kappa shape index (κ3) is 7.48. The van der Waals surface area contributed by atoms with Gasteiger partial charge in [-0.15, -0.1) is 0 Å². The van der Waals surface area contributed by atoms with Crippen LogP contribution in [-0.2, 0) is 11.8 Å². The van der Waals surface area contributed by atoms with E-state index in [1.54, 1.807) is 0 Å². The largest absolute Gasteiger partial charge is 0.346 e. The maximum Gasteiger partial charge on any atom is 0.235 e. The van der Waals surface area contributed by atoms with Crippen LogP contribution in [0.5, 0.6) is 0 Å². The Morgan fingerprint density at radius 2 is 1.01 bits per heavy atom. The van der Waals surface area contributed by atoms with E-state index in [9.17, 15) is 0 Å². The zero-order valence-corrected chi connectivity index (χ0v) is 46.4. The molecule has 0 amide bonds. The maximum absolute atomic E-state index is 5.58. The normalized spacial score (nSPS) is 16.1. The molecule has 0 fully saturated rings. The molecule has 2 atom stereocenters. The Bertz CT molecular complexity index is 5100. The Hall–Kier alpha value is -10.6. The van der Waals surface area contributed by atoms with Crippen molar-refractivity contribution in [2.75, 3.05) is 0 Å². The van der Waals surface area contributed by atoms with Gasteiger partial charge in [-0.1, -0.05) is 220 Å². The van der Waals surface area contributed by atoms with E-state index in [-0.39, 0.29) is 5.41 Å². The van der Waals surface area contributed by atoms with Crippen LogP contribution in [0.1, 0.15) is 59.6 Å². The van der Waals surface area contributed by atoms with E-state index in [4.69, 9.17) is 15.0 Å². The fraction of sp³-hybridized carbons (Fsp3) is 0.0779. The summed E-state index contributed by atoms with van der Waals surface area (Å²) < 4.78 is 7.17. The van der Waals surface area contributed by atoms with Crippen molar-refractivity contribution in [2.45, 2.75) is 37.9 Å². The van der Waals surface area contributed by atoms with Crippen LogP contribution in [-0.4, -0.2) is 29.4 Å². The Balaban J connectivity index is 0.822. The monoisotopic (exact) mass is 1080 g/mol. The SMILES string of the molecule is CC1(C)C2=Cc3c(c4ccccc4n3-c3nc(-c4ccccc4)cc(-c4cccc(-c5ccc6c7cc8c(cc7n(-c7ccccc7)c6c5)c5ccccc5n8C5N=C(c6ccccc6)C=C(c6ccccc6)N5)c4)n3)CC2c2ccccc21. The number of aliphatic imine (C=N–C) groups is 1. The highest BCUT2D eigenvalue weighted by Crippen LogP contribution is 2.55. The van der Waals surface area contributed by atoms with Gasteiger partial charge in [-0.2, -0.15) is 0 Å². The van der Waals surface area contributed by atoms with Crippen molar-refractivity contribution >= 4 is 72.0 Å². The van der Waals surface area contributed by atoms with E-state index in [1.807, 2.05) is 0 Å².